The van der Waals surface area contributed by atoms with Crippen molar-refractivity contribution in [3.05, 3.63) is 34.5 Å². The molecule has 2 N–H and O–H groups in total. The van der Waals surface area contributed by atoms with Crippen molar-refractivity contribution in [1.82, 2.24) is 5.32 Å². The van der Waals surface area contributed by atoms with Crippen LogP contribution in [0, 0.1) is 0 Å². The van der Waals surface area contributed by atoms with E-state index in [4.69, 9.17) is 0 Å². The van der Waals surface area contributed by atoms with Gasteiger partial charge in [0.15, 0.2) is 0 Å². The van der Waals surface area contributed by atoms with Crippen LogP contribution in [-0.2, 0) is 16.1 Å². The van der Waals surface area contributed by atoms with Crippen molar-refractivity contribution in [3.8, 4) is 9.75 Å². The van der Waals surface area contributed by atoms with Gasteiger partial charge in [0.25, 0.3) is 6.43 Å². The number of nitrogens with one attached hydrogen (secondary N) is 1. The van der Waals surface area contributed by atoms with Crippen LogP contribution in [-0.4, -0.2) is 36.3 Å². The van der Waals surface area contributed by atoms with Gasteiger partial charge in [-0.2, -0.15) is 0 Å². The third kappa shape index (κ3) is 4.14. The molecule has 0 amide bonds. The lowest BCUT2D eigenvalue weighted by molar-refractivity contribution is -0.161. The van der Waals surface area contributed by atoms with Crippen molar-refractivity contribution in [3.63, 3.8) is 0 Å². The van der Waals surface area contributed by atoms with Crippen LogP contribution in [0.5, 0.6) is 0 Å². The Morgan fingerprint density at radius 3 is 2.70 bits per heavy atom. The number of halogens is 2. The van der Waals surface area contributed by atoms with Gasteiger partial charge < -0.3 is 9.84 Å². The molecule has 2 rings (SSSR count). The number of alkyl halides is 2. The Morgan fingerprint density at radius 2 is 2.13 bits per heavy atom. The fraction of sp³-hybridized carbons (Fsp3) is 0.400. The number of carbonyl (C=O) groups is 1. The molecule has 0 saturated carbocycles. The van der Waals surface area contributed by atoms with E-state index in [0.717, 1.165) is 28.7 Å². The van der Waals surface area contributed by atoms with Crippen molar-refractivity contribution in [1.29, 1.82) is 0 Å². The van der Waals surface area contributed by atoms with E-state index in [9.17, 15) is 18.7 Å². The number of thiophene rings is 2. The lowest BCUT2D eigenvalue weighted by Gasteiger charge is -2.30. The smallest absolute Gasteiger partial charge is 0.326 e. The summed E-state index contributed by atoms with van der Waals surface area (Å²) in [5.41, 5.74) is -2.51. The summed E-state index contributed by atoms with van der Waals surface area (Å²) in [6, 6.07) is 6.22. The maximum absolute atomic E-state index is 13.0. The first kappa shape index (κ1) is 18.0. The Balaban J connectivity index is 2.08. The zero-order valence-electron chi connectivity index (χ0n) is 12.6. The molecule has 2 aromatic rings. The van der Waals surface area contributed by atoms with Gasteiger partial charge in [-0.25, -0.2) is 8.78 Å². The van der Waals surface area contributed by atoms with Gasteiger partial charge in [-0.1, -0.05) is 6.07 Å². The Labute approximate surface area is 140 Å². The maximum Gasteiger partial charge on any atom is 0.326 e. The molecule has 0 radical (unpaired) electrons. The lowest BCUT2D eigenvalue weighted by atomic mass is 9.97. The zero-order chi connectivity index (χ0) is 17.0. The van der Waals surface area contributed by atoms with E-state index in [1.54, 1.807) is 11.3 Å². The second-order valence-corrected chi connectivity index (χ2v) is 7.22. The maximum atomic E-state index is 13.0. The van der Waals surface area contributed by atoms with Crippen LogP contribution >= 0.6 is 22.7 Å². The first-order chi connectivity index (χ1) is 10.9. The molecule has 2 aromatic heterocycles. The quantitative estimate of drug-likeness (QED) is 0.744. The normalized spacial score (nSPS) is 15.4. The molecule has 2 heterocycles. The summed E-state index contributed by atoms with van der Waals surface area (Å²) >= 11 is 3.10. The van der Waals surface area contributed by atoms with E-state index >= 15 is 0 Å². The number of ether oxygens (including phenoxy) is 1. The average molecular weight is 361 g/mol. The predicted octanol–water partition coefficient (Wildman–Crippen LogP) is 3.12. The molecule has 4 nitrogen and oxygen atoms in total. The van der Waals surface area contributed by atoms with Crippen LogP contribution in [0.25, 0.3) is 9.75 Å². The standard InChI is InChI=1S/C15H17F2NO3S2/c1-15(20,14(16)17)12(13(19)21-2)18-8-9-5-6-11(23-9)10-4-3-7-22-10/h3-7,12,14,18,20H,8H2,1-2H3/t12-,15+/m1/s1. The van der Waals surface area contributed by atoms with Gasteiger partial charge >= 0.3 is 5.97 Å². The molecule has 8 heteroatoms. The van der Waals surface area contributed by atoms with Gasteiger partial charge in [0.05, 0.1) is 7.11 Å². The first-order valence-electron chi connectivity index (χ1n) is 6.80. The highest BCUT2D eigenvalue weighted by Gasteiger charge is 2.45. The first-order valence-corrected chi connectivity index (χ1v) is 8.50. The Hall–Kier alpha value is -1.35. The van der Waals surface area contributed by atoms with Gasteiger partial charge in [0.2, 0.25) is 0 Å². The van der Waals surface area contributed by atoms with Gasteiger partial charge in [-0.3, -0.25) is 10.1 Å². The van der Waals surface area contributed by atoms with Crippen LogP contribution in [0.1, 0.15) is 11.8 Å². The summed E-state index contributed by atoms with van der Waals surface area (Å²) in [7, 11) is 1.10. The van der Waals surface area contributed by atoms with Crippen molar-refractivity contribution in [2.45, 2.75) is 31.5 Å². The van der Waals surface area contributed by atoms with Crippen molar-refractivity contribution in [2.24, 2.45) is 0 Å². The van der Waals surface area contributed by atoms with E-state index in [2.05, 4.69) is 10.1 Å². The second-order valence-electron chi connectivity index (χ2n) is 5.11. The number of hydrogen-bond donors (Lipinski definition) is 2. The summed E-state index contributed by atoms with van der Waals surface area (Å²) in [6.07, 6.45) is -3.08. The van der Waals surface area contributed by atoms with Crippen molar-refractivity contribution >= 4 is 28.6 Å². The third-order valence-corrected chi connectivity index (χ3v) is 5.52. The van der Waals surface area contributed by atoms with Crippen LogP contribution in [0.4, 0.5) is 8.78 Å². The lowest BCUT2D eigenvalue weighted by Crippen LogP contribution is -2.57. The van der Waals surface area contributed by atoms with Gasteiger partial charge in [0.1, 0.15) is 11.6 Å². The number of hydrogen-bond acceptors (Lipinski definition) is 6. The Bertz CT molecular complexity index is 641. The minimum atomic E-state index is -3.08. The van der Waals surface area contributed by atoms with Crippen LogP contribution in [0.3, 0.4) is 0 Å². The number of methoxy groups -OCH3 is 1. The summed E-state index contributed by atoms with van der Waals surface area (Å²) in [5.74, 6) is -0.926. The molecule has 0 saturated heterocycles. The molecule has 0 fully saturated rings. The summed E-state index contributed by atoms with van der Waals surface area (Å²) < 4.78 is 30.5. The minimum absolute atomic E-state index is 0.179. The minimum Gasteiger partial charge on any atom is -0.468 e. The highest BCUT2D eigenvalue weighted by atomic mass is 32.1. The van der Waals surface area contributed by atoms with Crippen molar-refractivity contribution < 1.29 is 23.4 Å². The number of rotatable bonds is 7. The van der Waals surface area contributed by atoms with E-state index in [-0.39, 0.29) is 6.54 Å². The van der Waals surface area contributed by atoms with E-state index in [0.29, 0.717) is 0 Å². The summed E-state index contributed by atoms with van der Waals surface area (Å²) in [5, 5.41) is 14.5. The second kappa shape index (κ2) is 7.48. The van der Waals surface area contributed by atoms with Gasteiger partial charge in [-0.15, -0.1) is 22.7 Å². The van der Waals surface area contributed by atoms with Gasteiger partial charge in [-0.05, 0) is 30.5 Å². The topological polar surface area (TPSA) is 58.6 Å². The summed E-state index contributed by atoms with van der Waals surface area (Å²) in [6.45, 7) is 1.09. The largest absolute Gasteiger partial charge is 0.468 e. The van der Waals surface area contributed by atoms with Crippen LogP contribution in [0.2, 0.25) is 0 Å². The molecule has 0 bridgehead atoms. The molecule has 0 spiro atoms. The fourth-order valence-electron chi connectivity index (χ4n) is 2.00. The van der Waals surface area contributed by atoms with E-state index in [1.165, 1.54) is 11.3 Å². The molecular formula is C15H17F2NO3S2. The highest BCUT2D eigenvalue weighted by Crippen LogP contribution is 2.31. The molecule has 0 aliphatic heterocycles. The van der Waals surface area contributed by atoms with Crippen molar-refractivity contribution in [2.75, 3.05) is 7.11 Å². The molecule has 0 unspecified atom stereocenters. The molecule has 23 heavy (non-hydrogen) atoms. The monoisotopic (exact) mass is 361 g/mol. The number of aliphatic hydroxyl groups is 1. The molecular weight excluding hydrogens is 344 g/mol. The molecule has 0 aromatic carbocycles. The summed E-state index contributed by atoms with van der Waals surface area (Å²) in [4.78, 5) is 14.7. The van der Waals surface area contributed by atoms with E-state index < -0.39 is 24.0 Å². The zero-order valence-corrected chi connectivity index (χ0v) is 14.2. The Morgan fingerprint density at radius 1 is 1.39 bits per heavy atom. The molecule has 0 aliphatic rings. The average Bonchev–Trinajstić information content (AvgIpc) is 3.17. The van der Waals surface area contributed by atoms with Gasteiger partial charge in [0, 0.05) is 21.2 Å². The SMILES string of the molecule is COC(=O)[C@@H](NCc1ccc(-c2cccs2)s1)[C@](C)(O)C(F)F. The molecule has 0 aliphatic carbocycles. The third-order valence-electron chi connectivity index (χ3n) is 3.37. The molecule has 126 valence electrons. The fourth-order valence-corrected chi connectivity index (χ4v) is 3.79. The Kier molecular flexibility index (Phi) is 5.85. The number of esters is 1. The van der Waals surface area contributed by atoms with E-state index in [1.807, 2.05) is 29.6 Å². The highest BCUT2D eigenvalue weighted by molar-refractivity contribution is 7.21. The predicted molar refractivity (Wildman–Crippen MR) is 86.9 cm³/mol. The molecule has 2 atom stereocenters. The number of carbonyl (C=O) groups excluding carboxylic acids is 1. The van der Waals surface area contributed by atoms with Crippen LogP contribution in [0.15, 0.2) is 29.6 Å². The van der Waals surface area contributed by atoms with Crippen LogP contribution < -0.4 is 5.32 Å².